The number of nitrogens with one attached hydrogen (secondary N) is 1. The Bertz CT molecular complexity index is 1000. The molecule has 7 heteroatoms. The lowest BCUT2D eigenvalue weighted by molar-refractivity contribution is 0.187. The average molecular weight is 373 g/mol. The highest BCUT2D eigenvalue weighted by molar-refractivity contribution is 5.90. The fraction of sp³-hybridized carbons (Fsp3) is 0.238. The fourth-order valence-electron chi connectivity index (χ4n) is 3.32. The van der Waals surface area contributed by atoms with Gasteiger partial charge in [-0.2, -0.15) is 10.2 Å². The zero-order valence-corrected chi connectivity index (χ0v) is 15.2. The Balaban J connectivity index is 1.36. The van der Waals surface area contributed by atoms with Crippen LogP contribution in [0, 0.1) is 11.3 Å². The molecule has 0 atom stereocenters. The van der Waals surface area contributed by atoms with Crippen molar-refractivity contribution in [3.05, 3.63) is 66.1 Å². The topological polar surface area (TPSA) is 95.1 Å². The molecule has 0 aliphatic carbocycles. The summed E-state index contributed by atoms with van der Waals surface area (Å²) in [5.74, 6) is 1.35. The molecular weight excluding hydrogens is 354 g/mol. The zero-order chi connectivity index (χ0) is 19.3. The third kappa shape index (κ3) is 3.71. The number of rotatable bonds is 3. The second kappa shape index (κ2) is 7.92. The van der Waals surface area contributed by atoms with Crippen LogP contribution in [0.15, 0.2) is 59.1 Å². The van der Waals surface area contributed by atoms with E-state index in [2.05, 4.69) is 21.5 Å². The van der Waals surface area contributed by atoms with Crippen molar-refractivity contribution in [1.29, 1.82) is 5.26 Å². The zero-order valence-electron chi connectivity index (χ0n) is 15.2. The van der Waals surface area contributed by atoms with Gasteiger partial charge in [-0.05, 0) is 25.0 Å². The molecule has 1 saturated heterocycles. The van der Waals surface area contributed by atoms with Crippen LogP contribution in [-0.2, 0) is 0 Å². The molecule has 140 valence electrons. The summed E-state index contributed by atoms with van der Waals surface area (Å²) >= 11 is 0. The second-order valence-corrected chi connectivity index (χ2v) is 6.67. The highest BCUT2D eigenvalue weighted by atomic mass is 16.5. The van der Waals surface area contributed by atoms with Gasteiger partial charge in [0.05, 0.1) is 11.3 Å². The number of para-hydroxylation sites is 1. The van der Waals surface area contributed by atoms with Crippen LogP contribution >= 0.6 is 0 Å². The smallest absolute Gasteiger partial charge is 0.321 e. The first-order chi connectivity index (χ1) is 13.7. The number of benzene rings is 2. The van der Waals surface area contributed by atoms with Crippen molar-refractivity contribution >= 4 is 11.7 Å². The van der Waals surface area contributed by atoms with Crippen molar-refractivity contribution in [3.63, 3.8) is 0 Å². The first kappa shape index (κ1) is 17.7. The van der Waals surface area contributed by atoms with E-state index in [4.69, 9.17) is 9.78 Å². The highest BCUT2D eigenvalue weighted by Crippen LogP contribution is 2.29. The summed E-state index contributed by atoms with van der Waals surface area (Å²) in [7, 11) is 0. The largest absolute Gasteiger partial charge is 0.339 e. The number of amides is 2. The van der Waals surface area contributed by atoms with Gasteiger partial charge in [-0.25, -0.2) is 4.79 Å². The maximum atomic E-state index is 12.5. The summed E-state index contributed by atoms with van der Waals surface area (Å²) in [4.78, 5) is 18.8. The van der Waals surface area contributed by atoms with Gasteiger partial charge in [0.1, 0.15) is 6.07 Å². The Labute approximate surface area is 162 Å². The minimum Gasteiger partial charge on any atom is -0.339 e. The van der Waals surface area contributed by atoms with Crippen molar-refractivity contribution in [2.75, 3.05) is 18.4 Å². The predicted octanol–water partition coefficient (Wildman–Crippen LogP) is 4.02. The minimum atomic E-state index is -0.198. The summed E-state index contributed by atoms with van der Waals surface area (Å²) in [5, 5.41) is 16.1. The Morgan fingerprint density at radius 1 is 1.11 bits per heavy atom. The molecule has 3 aromatic rings. The normalized spacial score (nSPS) is 14.5. The summed E-state index contributed by atoms with van der Waals surface area (Å²) in [6.07, 6.45) is 1.51. The van der Waals surface area contributed by atoms with Gasteiger partial charge >= 0.3 is 6.03 Å². The Morgan fingerprint density at radius 2 is 1.82 bits per heavy atom. The predicted molar refractivity (Wildman–Crippen MR) is 103 cm³/mol. The van der Waals surface area contributed by atoms with Crippen LogP contribution in [0.4, 0.5) is 10.5 Å². The van der Waals surface area contributed by atoms with E-state index in [0.717, 1.165) is 18.4 Å². The first-order valence-corrected chi connectivity index (χ1v) is 9.18. The van der Waals surface area contributed by atoms with E-state index in [1.165, 1.54) is 0 Å². The highest BCUT2D eigenvalue weighted by Gasteiger charge is 2.28. The summed E-state index contributed by atoms with van der Waals surface area (Å²) in [6.45, 7) is 1.18. The van der Waals surface area contributed by atoms with E-state index in [0.29, 0.717) is 36.1 Å². The molecule has 1 aliphatic rings. The van der Waals surface area contributed by atoms with Gasteiger partial charge in [0.2, 0.25) is 11.7 Å². The molecule has 2 heterocycles. The number of hydrogen-bond donors (Lipinski definition) is 1. The lowest BCUT2D eigenvalue weighted by Crippen LogP contribution is -2.40. The Hall–Kier alpha value is -3.66. The van der Waals surface area contributed by atoms with Crippen LogP contribution in [0.2, 0.25) is 0 Å². The first-order valence-electron chi connectivity index (χ1n) is 9.18. The lowest BCUT2D eigenvalue weighted by Gasteiger charge is -2.30. The number of urea groups is 1. The van der Waals surface area contributed by atoms with Crippen LogP contribution < -0.4 is 5.32 Å². The van der Waals surface area contributed by atoms with Gasteiger partial charge < -0.3 is 14.7 Å². The van der Waals surface area contributed by atoms with Gasteiger partial charge in [0, 0.05) is 24.6 Å². The van der Waals surface area contributed by atoms with Crippen LogP contribution in [0.3, 0.4) is 0 Å². The lowest BCUT2D eigenvalue weighted by atomic mass is 9.97. The van der Waals surface area contributed by atoms with Gasteiger partial charge in [0.15, 0.2) is 0 Å². The molecule has 1 N–H and O–H groups in total. The Kier molecular flexibility index (Phi) is 5.02. The summed E-state index contributed by atoms with van der Waals surface area (Å²) < 4.78 is 5.46. The quantitative estimate of drug-likeness (QED) is 0.748. The molecule has 2 amide bonds. The van der Waals surface area contributed by atoms with E-state index in [-0.39, 0.29) is 11.9 Å². The van der Waals surface area contributed by atoms with Crippen LogP contribution in [0.1, 0.15) is 30.2 Å². The van der Waals surface area contributed by atoms with Crippen molar-refractivity contribution in [2.24, 2.45) is 0 Å². The number of likely N-dealkylation sites (tertiary alicyclic amines) is 1. The molecule has 7 nitrogen and oxygen atoms in total. The van der Waals surface area contributed by atoms with Crippen LogP contribution in [0.25, 0.3) is 11.4 Å². The van der Waals surface area contributed by atoms with Gasteiger partial charge in [-0.1, -0.05) is 47.6 Å². The number of nitriles is 1. The molecule has 28 heavy (non-hydrogen) atoms. The second-order valence-electron chi connectivity index (χ2n) is 6.67. The fourth-order valence-corrected chi connectivity index (χ4v) is 3.32. The maximum absolute atomic E-state index is 12.5. The molecule has 4 rings (SSSR count). The summed E-state index contributed by atoms with van der Waals surface area (Å²) in [5.41, 5.74) is 1.90. The van der Waals surface area contributed by atoms with E-state index in [9.17, 15) is 4.79 Å². The molecule has 0 spiro atoms. The van der Waals surface area contributed by atoms with Gasteiger partial charge in [0.25, 0.3) is 0 Å². The summed E-state index contributed by atoms with van der Waals surface area (Å²) in [6, 6.07) is 18.6. The van der Waals surface area contributed by atoms with Crippen molar-refractivity contribution in [3.8, 4) is 17.5 Å². The molecule has 0 saturated carbocycles. The van der Waals surface area contributed by atoms with E-state index in [1.54, 1.807) is 29.2 Å². The van der Waals surface area contributed by atoms with Crippen molar-refractivity contribution < 1.29 is 9.32 Å². The molecule has 0 bridgehead atoms. The number of nitrogens with zero attached hydrogens (tertiary/aromatic N) is 4. The van der Waals surface area contributed by atoms with E-state index < -0.39 is 0 Å². The van der Waals surface area contributed by atoms with Gasteiger partial charge in [-0.3, -0.25) is 0 Å². The average Bonchev–Trinajstić information content (AvgIpc) is 3.25. The van der Waals surface area contributed by atoms with E-state index in [1.807, 2.05) is 30.3 Å². The molecule has 0 unspecified atom stereocenters. The van der Waals surface area contributed by atoms with Crippen LogP contribution in [-0.4, -0.2) is 34.2 Å². The van der Waals surface area contributed by atoms with E-state index >= 15 is 0 Å². The third-order valence-corrected chi connectivity index (χ3v) is 4.89. The number of piperidine rings is 1. The van der Waals surface area contributed by atoms with Crippen LogP contribution in [0.5, 0.6) is 0 Å². The number of anilines is 1. The van der Waals surface area contributed by atoms with Crippen molar-refractivity contribution in [1.82, 2.24) is 15.0 Å². The number of carbonyl (C=O) groups is 1. The SMILES string of the molecule is N#Cc1ccccc1NC(=O)N1CCC(c2nc(-c3ccccc3)no2)CC1. The minimum absolute atomic E-state index is 0.139. The molecule has 1 fully saturated rings. The number of aromatic nitrogens is 2. The molecule has 0 radical (unpaired) electrons. The molecular formula is C21H19N5O2. The third-order valence-electron chi connectivity index (χ3n) is 4.89. The monoisotopic (exact) mass is 373 g/mol. The Morgan fingerprint density at radius 3 is 2.57 bits per heavy atom. The standard InChI is InChI=1S/C21H19N5O2/c22-14-17-8-4-5-9-18(17)23-21(27)26-12-10-16(11-13-26)20-24-19(25-28-20)15-6-2-1-3-7-15/h1-9,16H,10-13H2,(H,23,27). The molecule has 2 aromatic carbocycles. The molecule has 1 aromatic heterocycles. The number of hydrogen-bond acceptors (Lipinski definition) is 5. The van der Waals surface area contributed by atoms with Crippen molar-refractivity contribution in [2.45, 2.75) is 18.8 Å². The van der Waals surface area contributed by atoms with Gasteiger partial charge in [-0.15, -0.1) is 0 Å². The molecule has 1 aliphatic heterocycles. The number of carbonyl (C=O) groups excluding carboxylic acids is 1. The maximum Gasteiger partial charge on any atom is 0.321 e.